The normalized spacial score (nSPS) is 19.9. The van der Waals surface area contributed by atoms with E-state index < -0.39 is 36.2 Å². The number of alkyl carbamates (subject to hydrolysis) is 1. The molecule has 33 heavy (non-hydrogen) atoms. The van der Waals surface area contributed by atoms with Gasteiger partial charge in [-0.05, 0) is 35.1 Å². The lowest BCUT2D eigenvalue weighted by molar-refractivity contribution is -0.144. The van der Waals surface area contributed by atoms with E-state index in [9.17, 15) is 19.5 Å². The fraction of sp³-hybridized carbons (Fsp3) is 0.400. The van der Waals surface area contributed by atoms with Gasteiger partial charge in [-0.1, -0.05) is 61.9 Å². The Kier molecular flexibility index (Phi) is 6.93. The molecule has 0 saturated carbocycles. The van der Waals surface area contributed by atoms with Gasteiger partial charge in [-0.2, -0.15) is 0 Å². The molecular weight excluding hydrogens is 424 g/mol. The Bertz CT molecular complexity index is 994. The van der Waals surface area contributed by atoms with Crippen LogP contribution in [0, 0.1) is 0 Å². The van der Waals surface area contributed by atoms with E-state index in [4.69, 9.17) is 9.47 Å². The highest BCUT2D eigenvalue weighted by Gasteiger charge is 2.37. The first-order chi connectivity index (χ1) is 16.0. The highest BCUT2D eigenvalue weighted by molar-refractivity contribution is 5.87. The minimum atomic E-state index is -1.09. The number of carboxylic acid groups (broad SMARTS) is 1. The zero-order valence-electron chi connectivity index (χ0n) is 18.5. The fourth-order valence-electron chi connectivity index (χ4n) is 4.59. The van der Waals surface area contributed by atoms with Crippen molar-refractivity contribution in [3.05, 3.63) is 59.7 Å². The number of carbonyl (C=O) groups excluding carboxylic acids is 2. The van der Waals surface area contributed by atoms with Crippen molar-refractivity contribution in [2.45, 2.75) is 50.3 Å². The predicted molar refractivity (Wildman–Crippen MR) is 121 cm³/mol. The third-order valence-corrected chi connectivity index (χ3v) is 6.19. The Balaban J connectivity index is 1.36. The lowest BCUT2D eigenvalue weighted by atomic mass is 9.98. The molecule has 8 heteroatoms. The van der Waals surface area contributed by atoms with E-state index in [0.29, 0.717) is 19.3 Å². The predicted octanol–water partition coefficient (Wildman–Crippen LogP) is 3.05. The minimum Gasteiger partial charge on any atom is -0.480 e. The molecule has 3 atom stereocenters. The zero-order chi connectivity index (χ0) is 23.4. The highest BCUT2D eigenvalue weighted by atomic mass is 16.6. The number of hydrogen-bond acceptors (Lipinski definition) is 5. The van der Waals surface area contributed by atoms with Gasteiger partial charge in [-0.15, -0.1) is 0 Å². The number of ether oxygens (including phenoxy) is 2. The van der Waals surface area contributed by atoms with E-state index in [2.05, 4.69) is 22.8 Å². The van der Waals surface area contributed by atoms with E-state index in [0.717, 1.165) is 22.3 Å². The van der Waals surface area contributed by atoms with Crippen LogP contribution < -0.4 is 10.6 Å². The Labute approximate surface area is 192 Å². The fourth-order valence-corrected chi connectivity index (χ4v) is 4.59. The average molecular weight is 453 g/mol. The van der Waals surface area contributed by atoms with Crippen LogP contribution in [-0.4, -0.2) is 54.5 Å². The molecule has 2 aromatic rings. The van der Waals surface area contributed by atoms with Gasteiger partial charge in [0, 0.05) is 12.5 Å². The van der Waals surface area contributed by atoms with Crippen molar-refractivity contribution < 1.29 is 29.0 Å². The second-order valence-corrected chi connectivity index (χ2v) is 8.34. The first-order valence-corrected chi connectivity index (χ1v) is 11.3. The van der Waals surface area contributed by atoms with Gasteiger partial charge in [0.05, 0.1) is 6.04 Å². The average Bonchev–Trinajstić information content (AvgIpc) is 3.40. The first-order valence-electron chi connectivity index (χ1n) is 11.3. The van der Waals surface area contributed by atoms with E-state index in [1.807, 2.05) is 43.3 Å². The molecule has 2 aromatic carbocycles. The molecule has 174 valence electrons. The van der Waals surface area contributed by atoms with Crippen molar-refractivity contribution in [3.63, 3.8) is 0 Å². The molecule has 8 nitrogen and oxygen atoms in total. The number of amides is 2. The minimum absolute atomic E-state index is 0.0626. The van der Waals surface area contributed by atoms with Crippen LogP contribution in [0.4, 0.5) is 4.79 Å². The summed E-state index contributed by atoms with van der Waals surface area (Å²) in [6.07, 6.45) is -0.214. The number of carbonyl (C=O) groups is 3. The Morgan fingerprint density at radius 2 is 1.73 bits per heavy atom. The standard InChI is InChI=1S/C25H28N2O6/c1-2-7-21(24(29)30)26-23(28)22-20(12-13-32-22)27-25(31)33-14-19-17-10-5-3-8-15(17)16-9-4-6-11-18(16)19/h3-6,8-11,19-22H,2,7,12-14H2,1H3,(H,26,28)(H,27,31)(H,29,30)/t20-,21+,22+/m0/s1. The zero-order valence-corrected chi connectivity index (χ0v) is 18.5. The topological polar surface area (TPSA) is 114 Å². The summed E-state index contributed by atoms with van der Waals surface area (Å²) in [6.45, 7) is 2.30. The summed E-state index contributed by atoms with van der Waals surface area (Å²) >= 11 is 0. The quantitative estimate of drug-likeness (QED) is 0.567. The molecule has 1 aliphatic heterocycles. The number of hydrogen-bond donors (Lipinski definition) is 3. The van der Waals surface area contributed by atoms with Gasteiger partial charge in [0.1, 0.15) is 12.6 Å². The Morgan fingerprint density at radius 1 is 1.09 bits per heavy atom. The largest absolute Gasteiger partial charge is 0.480 e. The van der Waals surface area contributed by atoms with Crippen LogP contribution in [0.25, 0.3) is 11.1 Å². The second kappa shape index (κ2) is 10.0. The van der Waals surface area contributed by atoms with Crippen LogP contribution in [0.15, 0.2) is 48.5 Å². The van der Waals surface area contributed by atoms with Crippen molar-refractivity contribution in [1.82, 2.24) is 10.6 Å². The summed E-state index contributed by atoms with van der Waals surface area (Å²) in [4.78, 5) is 36.5. The lowest BCUT2D eigenvalue weighted by Crippen LogP contribution is -2.52. The van der Waals surface area contributed by atoms with E-state index in [1.165, 1.54) is 0 Å². The maximum absolute atomic E-state index is 12.6. The van der Waals surface area contributed by atoms with E-state index in [1.54, 1.807) is 0 Å². The molecule has 0 radical (unpaired) electrons. The molecule has 0 aromatic heterocycles. The third kappa shape index (κ3) is 4.85. The van der Waals surface area contributed by atoms with Gasteiger partial charge in [-0.25, -0.2) is 9.59 Å². The lowest BCUT2D eigenvalue weighted by Gasteiger charge is -2.22. The number of fused-ring (bicyclic) bond motifs is 3. The summed E-state index contributed by atoms with van der Waals surface area (Å²) < 4.78 is 11.0. The molecule has 0 bridgehead atoms. The molecule has 0 spiro atoms. The van der Waals surface area contributed by atoms with Crippen molar-refractivity contribution in [3.8, 4) is 11.1 Å². The number of aliphatic carboxylic acids is 1. The van der Waals surface area contributed by atoms with Crippen LogP contribution in [0.1, 0.15) is 43.2 Å². The van der Waals surface area contributed by atoms with Crippen molar-refractivity contribution >= 4 is 18.0 Å². The van der Waals surface area contributed by atoms with Crippen LogP contribution >= 0.6 is 0 Å². The monoisotopic (exact) mass is 452 g/mol. The van der Waals surface area contributed by atoms with E-state index in [-0.39, 0.29) is 19.1 Å². The van der Waals surface area contributed by atoms with Gasteiger partial charge < -0.3 is 25.2 Å². The molecular formula is C25H28N2O6. The summed E-state index contributed by atoms with van der Waals surface area (Å²) in [6, 6.07) is 14.6. The molecule has 1 saturated heterocycles. The first kappa shape index (κ1) is 22.8. The molecule has 1 aliphatic carbocycles. The third-order valence-electron chi connectivity index (χ3n) is 6.19. The summed E-state index contributed by atoms with van der Waals surface area (Å²) in [7, 11) is 0. The molecule has 2 aliphatic rings. The molecule has 2 amide bonds. The number of benzene rings is 2. The number of nitrogens with one attached hydrogen (secondary N) is 2. The molecule has 0 unspecified atom stereocenters. The smallest absolute Gasteiger partial charge is 0.407 e. The van der Waals surface area contributed by atoms with Crippen LogP contribution in [0.2, 0.25) is 0 Å². The van der Waals surface area contributed by atoms with Gasteiger partial charge >= 0.3 is 12.1 Å². The van der Waals surface area contributed by atoms with Gasteiger partial charge in [0.2, 0.25) is 0 Å². The van der Waals surface area contributed by atoms with Crippen molar-refractivity contribution in [2.24, 2.45) is 0 Å². The highest BCUT2D eigenvalue weighted by Crippen LogP contribution is 2.44. The Morgan fingerprint density at radius 3 is 2.33 bits per heavy atom. The van der Waals surface area contributed by atoms with Crippen molar-refractivity contribution in [1.29, 1.82) is 0 Å². The summed E-state index contributed by atoms with van der Waals surface area (Å²) in [5.74, 6) is -1.70. The molecule has 1 heterocycles. The van der Waals surface area contributed by atoms with E-state index >= 15 is 0 Å². The van der Waals surface area contributed by atoms with Gasteiger partial charge in [0.15, 0.2) is 6.10 Å². The number of carboxylic acids is 1. The van der Waals surface area contributed by atoms with Crippen LogP contribution in [-0.2, 0) is 19.1 Å². The van der Waals surface area contributed by atoms with Gasteiger partial charge in [-0.3, -0.25) is 4.79 Å². The maximum Gasteiger partial charge on any atom is 0.407 e. The molecule has 3 N–H and O–H groups in total. The SMILES string of the molecule is CCC[C@@H](NC(=O)[C@@H]1OCC[C@@H]1NC(=O)OCC1c2ccccc2-c2ccccc21)C(=O)O. The summed E-state index contributed by atoms with van der Waals surface area (Å²) in [5.41, 5.74) is 4.51. The van der Waals surface area contributed by atoms with Crippen LogP contribution in [0.5, 0.6) is 0 Å². The number of rotatable bonds is 8. The molecule has 1 fully saturated rings. The molecule has 4 rings (SSSR count). The second-order valence-electron chi connectivity index (χ2n) is 8.34. The van der Waals surface area contributed by atoms with Crippen LogP contribution in [0.3, 0.4) is 0 Å². The van der Waals surface area contributed by atoms with Crippen molar-refractivity contribution in [2.75, 3.05) is 13.2 Å². The summed E-state index contributed by atoms with van der Waals surface area (Å²) in [5, 5.41) is 14.5. The van der Waals surface area contributed by atoms with Gasteiger partial charge in [0.25, 0.3) is 5.91 Å². The Hall–Kier alpha value is -3.39. The maximum atomic E-state index is 12.6.